The zero-order valence-corrected chi connectivity index (χ0v) is 12.0. The maximum atomic E-state index is 9.79. The summed E-state index contributed by atoms with van der Waals surface area (Å²) in [6.07, 6.45) is 3.14. The Balaban J connectivity index is 1.50. The molecule has 0 aliphatic carbocycles. The smallest absolute Gasteiger partial charge is 0.101 e. The first-order chi connectivity index (χ1) is 9.84. The maximum Gasteiger partial charge on any atom is 0.101 e. The van der Waals surface area contributed by atoms with Crippen molar-refractivity contribution >= 4 is 0 Å². The van der Waals surface area contributed by atoms with Gasteiger partial charge in [-0.1, -0.05) is 36.8 Å². The summed E-state index contributed by atoms with van der Waals surface area (Å²) in [6, 6.07) is 10.4. The van der Waals surface area contributed by atoms with Crippen LogP contribution in [-0.2, 0) is 16.1 Å². The van der Waals surface area contributed by atoms with Gasteiger partial charge in [-0.15, -0.1) is 0 Å². The van der Waals surface area contributed by atoms with Gasteiger partial charge in [0, 0.05) is 6.04 Å². The fraction of sp³-hybridized carbons (Fsp3) is 0.625. The number of piperidine rings is 1. The molecule has 2 unspecified atom stereocenters. The van der Waals surface area contributed by atoms with Gasteiger partial charge < -0.3 is 19.9 Å². The van der Waals surface area contributed by atoms with Crippen molar-refractivity contribution in [3.05, 3.63) is 35.9 Å². The Morgan fingerprint density at radius 1 is 1.15 bits per heavy atom. The van der Waals surface area contributed by atoms with Crippen molar-refractivity contribution in [2.75, 3.05) is 26.4 Å². The van der Waals surface area contributed by atoms with E-state index >= 15 is 0 Å². The lowest BCUT2D eigenvalue weighted by molar-refractivity contribution is -0.0283. The van der Waals surface area contributed by atoms with E-state index < -0.39 is 6.10 Å². The molecule has 1 aliphatic heterocycles. The van der Waals surface area contributed by atoms with Crippen LogP contribution in [0.2, 0.25) is 0 Å². The second-order valence-electron chi connectivity index (χ2n) is 5.34. The van der Waals surface area contributed by atoms with Gasteiger partial charge in [-0.25, -0.2) is 0 Å². The van der Waals surface area contributed by atoms with Crippen LogP contribution in [0.5, 0.6) is 0 Å². The predicted octanol–water partition coefficient (Wildman–Crippen LogP) is 1.72. The maximum absolute atomic E-state index is 9.79. The fourth-order valence-electron chi connectivity index (χ4n) is 2.35. The number of aliphatic hydroxyl groups is 1. The fourth-order valence-corrected chi connectivity index (χ4v) is 2.35. The normalized spacial score (nSPS) is 20.8. The standard InChI is InChI=1S/C16H25NO3/c18-16(12-19-10-14-6-2-1-3-7-14)13-20-11-15-8-4-5-9-17-15/h1-3,6-7,15-18H,4-5,8-13H2. The molecular formula is C16H25NO3. The van der Waals surface area contributed by atoms with Crippen molar-refractivity contribution in [2.45, 2.75) is 38.0 Å². The monoisotopic (exact) mass is 279 g/mol. The minimum Gasteiger partial charge on any atom is -0.388 e. The highest BCUT2D eigenvalue weighted by molar-refractivity contribution is 5.13. The van der Waals surface area contributed by atoms with Crippen LogP contribution in [0.4, 0.5) is 0 Å². The highest BCUT2D eigenvalue weighted by atomic mass is 16.5. The van der Waals surface area contributed by atoms with Crippen molar-refractivity contribution in [1.82, 2.24) is 5.32 Å². The highest BCUT2D eigenvalue weighted by Crippen LogP contribution is 2.07. The first kappa shape index (κ1) is 15.4. The SMILES string of the molecule is OC(COCc1ccccc1)COCC1CCCCN1. The summed E-state index contributed by atoms with van der Waals surface area (Å²) >= 11 is 0. The number of rotatable bonds is 8. The summed E-state index contributed by atoms with van der Waals surface area (Å²) in [7, 11) is 0. The van der Waals surface area contributed by atoms with Crippen LogP contribution in [0, 0.1) is 0 Å². The zero-order valence-electron chi connectivity index (χ0n) is 12.0. The molecule has 0 bridgehead atoms. The Morgan fingerprint density at radius 2 is 1.95 bits per heavy atom. The molecule has 1 fully saturated rings. The number of benzene rings is 1. The largest absolute Gasteiger partial charge is 0.388 e. The third-order valence-electron chi connectivity index (χ3n) is 3.46. The molecule has 4 heteroatoms. The lowest BCUT2D eigenvalue weighted by Crippen LogP contribution is -2.38. The molecule has 4 nitrogen and oxygen atoms in total. The van der Waals surface area contributed by atoms with E-state index in [9.17, 15) is 5.11 Å². The number of nitrogens with one attached hydrogen (secondary N) is 1. The highest BCUT2D eigenvalue weighted by Gasteiger charge is 2.13. The lowest BCUT2D eigenvalue weighted by atomic mass is 10.1. The van der Waals surface area contributed by atoms with Gasteiger partial charge in [0.1, 0.15) is 6.10 Å². The third kappa shape index (κ3) is 6.01. The van der Waals surface area contributed by atoms with E-state index in [2.05, 4.69) is 5.32 Å². The van der Waals surface area contributed by atoms with Crippen LogP contribution in [-0.4, -0.2) is 43.6 Å². The average molecular weight is 279 g/mol. The van der Waals surface area contributed by atoms with Crippen LogP contribution in [0.25, 0.3) is 0 Å². The van der Waals surface area contributed by atoms with Crippen molar-refractivity contribution in [3.8, 4) is 0 Å². The zero-order chi connectivity index (χ0) is 14.0. The molecule has 1 aromatic carbocycles. The van der Waals surface area contributed by atoms with Crippen LogP contribution < -0.4 is 5.32 Å². The van der Waals surface area contributed by atoms with Crippen LogP contribution in [0.1, 0.15) is 24.8 Å². The predicted molar refractivity (Wildman–Crippen MR) is 78.6 cm³/mol. The Kier molecular flexibility index (Phi) is 7.01. The van der Waals surface area contributed by atoms with Gasteiger partial charge in [0.05, 0.1) is 26.4 Å². The van der Waals surface area contributed by atoms with E-state index in [1.54, 1.807) is 0 Å². The van der Waals surface area contributed by atoms with Gasteiger partial charge in [0.15, 0.2) is 0 Å². The molecule has 0 aromatic heterocycles. The van der Waals surface area contributed by atoms with Crippen LogP contribution in [0.15, 0.2) is 30.3 Å². The van der Waals surface area contributed by atoms with E-state index in [-0.39, 0.29) is 0 Å². The molecule has 0 radical (unpaired) electrons. The summed E-state index contributed by atoms with van der Waals surface area (Å²) < 4.78 is 11.0. The molecule has 2 N–H and O–H groups in total. The Labute approximate surface area is 121 Å². The molecule has 0 spiro atoms. The number of hydrogen-bond donors (Lipinski definition) is 2. The summed E-state index contributed by atoms with van der Waals surface area (Å²) in [5, 5.41) is 13.2. The molecule has 0 saturated carbocycles. The molecular weight excluding hydrogens is 254 g/mol. The summed E-state index contributed by atoms with van der Waals surface area (Å²) in [5.41, 5.74) is 1.12. The average Bonchev–Trinajstić information content (AvgIpc) is 2.49. The Hall–Kier alpha value is -0.940. The van der Waals surface area contributed by atoms with Crippen LogP contribution >= 0.6 is 0 Å². The van der Waals surface area contributed by atoms with Crippen molar-refractivity contribution in [3.63, 3.8) is 0 Å². The molecule has 2 atom stereocenters. The topological polar surface area (TPSA) is 50.7 Å². The van der Waals surface area contributed by atoms with Crippen molar-refractivity contribution in [2.24, 2.45) is 0 Å². The summed E-state index contributed by atoms with van der Waals surface area (Å²) in [5.74, 6) is 0. The Morgan fingerprint density at radius 3 is 2.70 bits per heavy atom. The molecule has 20 heavy (non-hydrogen) atoms. The second kappa shape index (κ2) is 9.08. The van der Waals surface area contributed by atoms with Gasteiger partial charge in [-0.3, -0.25) is 0 Å². The minimum atomic E-state index is -0.553. The quantitative estimate of drug-likeness (QED) is 0.761. The van der Waals surface area contributed by atoms with Crippen LogP contribution in [0.3, 0.4) is 0 Å². The number of aliphatic hydroxyl groups excluding tert-OH is 1. The van der Waals surface area contributed by atoms with E-state index in [4.69, 9.17) is 9.47 Å². The van der Waals surface area contributed by atoms with Gasteiger partial charge in [-0.2, -0.15) is 0 Å². The van der Waals surface area contributed by atoms with Crippen molar-refractivity contribution < 1.29 is 14.6 Å². The lowest BCUT2D eigenvalue weighted by Gasteiger charge is -2.23. The van der Waals surface area contributed by atoms with Gasteiger partial charge >= 0.3 is 0 Å². The molecule has 2 rings (SSSR count). The molecule has 1 saturated heterocycles. The van der Waals surface area contributed by atoms with Gasteiger partial charge in [0.2, 0.25) is 0 Å². The number of hydrogen-bond acceptors (Lipinski definition) is 4. The first-order valence-corrected chi connectivity index (χ1v) is 7.45. The first-order valence-electron chi connectivity index (χ1n) is 7.45. The van der Waals surface area contributed by atoms with E-state index in [0.717, 1.165) is 12.1 Å². The van der Waals surface area contributed by atoms with Gasteiger partial charge in [-0.05, 0) is 24.9 Å². The Bertz CT molecular complexity index is 352. The molecule has 1 aliphatic rings. The summed E-state index contributed by atoms with van der Waals surface area (Å²) in [4.78, 5) is 0. The molecule has 0 amide bonds. The molecule has 1 aromatic rings. The molecule has 1 heterocycles. The summed E-state index contributed by atoms with van der Waals surface area (Å²) in [6.45, 7) is 2.94. The second-order valence-corrected chi connectivity index (χ2v) is 5.34. The van der Waals surface area contributed by atoms with E-state index in [1.807, 2.05) is 30.3 Å². The third-order valence-corrected chi connectivity index (χ3v) is 3.46. The number of ether oxygens (including phenoxy) is 2. The van der Waals surface area contributed by atoms with Gasteiger partial charge in [0.25, 0.3) is 0 Å². The minimum absolute atomic E-state index is 0.312. The van der Waals surface area contributed by atoms with Crippen molar-refractivity contribution in [1.29, 1.82) is 0 Å². The molecule has 112 valence electrons. The van der Waals surface area contributed by atoms with E-state index in [0.29, 0.717) is 32.5 Å². The van der Waals surface area contributed by atoms with E-state index in [1.165, 1.54) is 19.3 Å².